The van der Waals surface area contributed by atoms with Gasteiger partial charge in [0.25, 0.3) is 0 Å². The fourth-order valence-electron chi connectivity index (χ4n) is 2.15. The van der Waals surface area contributed by atoms with E-state index in [-0.39, 0.29) is 0 Å². The van der Waals surface area contributed by atoms with Crippen molar-refractivity contribution in [2.75, 3.05) is 6.54 Å². The van der Waals surface area contributed by atoms with Crippen molar-refractivity contribution in [3.05, 3.63) is 39.6 Å². The van der Waals surface area contributed by atoms with Crippen molar-refractivity contribution in [3.8, 4) is 0 Å². The van der Waals surface area contributed by atoms with Crippen molar-refractivity contribution in [3.63, 3.8) is 0 Å². The van der Waals surface area contributed by atoms with Gasteiger partial charge in [-0.3, -0.25) is 4.98 Å². The average Bonchev–Trinajstić information content (AvgIpc) is 2.43. The van der Waals surface area contributed by atoms with E-state index in [1.807, 2.05) is 12.3 Å². The topological polar surface area (TPSA) is 24.9 Å². The maximum atomic E-state index is 4.57. The highest BCUT2D eigenvalue weighted by Gasteiger charge is 2.15. The summed E-state index contributed by atoms with van der Waals surface area (Å²) in [6.07, 6.45) is 11.0. The number of aromatic nitrogens is 1. The standard InChI is InChI=1S/C16H24Br2N2/c1-3-5-6-7-8-9-15(19-10-4-2)16-14(18)11-13(17)12-20-16/h3,11-12,15,19H,1,4-10H2,2H3. The Morgan fingerprint density at radius 2 is 2.15 bits per heavy atom. The maximum absolute atomic E-state index is 4.57. The van der Waals surface area contributed by atoms with Crippen LogP contribution >= 0.6 is 31.9 Å². The lowest BCUT2D eigenvalue weighted by Gasteiger charge is -2.19. The van der Waals surface area contributed by atoms with E-state index in [0.717, 1.165) is 40.4 Å². The normalized spacial score (nSPS) is 12.3. The van der Waals surface area contributed by atoms with E-state index in [2.05, 4.69) is 61.7 Å². The summed E-state index contributed by atoms with van der Waals surface area (Å²) in [6, 6.07) is 2.40. The smallest absolute Gasteiger partial charge is 0.0715 e. The third-order valence-corrected chi connectivity index (χ3v) is 4.28. The van der Waals surface area contributed by atoms with E-state index in [1.165, 1.54) is 19.3 Å². The van der Waals surface area contributed by atoms with Crippen LogP contribution in [0.5, 0.6) is 0 Å². The summed E-state index contributed by atoms with van der Waals surface area (Å²) in [5, 5.41) is 3.61. The molecule has 0 saturated heterocycles. The maximum Gasteiger partial charge on any atom is 0.0715 e. The van der Waals surface area contributed by atoms with Gasteiger partial charge in [-0.25, -0.2) is 0 Å². The van der Waals surface area contributed by atoms with Gasteiger partial charge < -0.3 is 5.32 Å². The van der Waals surface area contributed by atoms with Crippen molar-refractivity contribution in [1.29, 1.82) is 0 Å². The molecular weight excluding hydrogens is 380 g/mol. The zero-order valence-corrected chi connectivity index (χ0v) is 15.3. The molecule has 0 aliphatic rings. The second-order valence-corrected chi connectivity index (χ2v) is 6.72. The van der Waals surface area contributed by atoms with Crippen molar-refractivity contribution < 1.29 is 0 Å². The van der Waals surface area contributed by atoms with Crippen LogP contribution in [0.3, 0.4) is 0 Å². The molecule has 0 radical (unpaired) electrons. The van der Waals surface area contributed by atoms with Gasteiger partial charge in [0.1, 0.15) is 0 Å². The summed E-state index contributed by atoms with van der Waals surface area (Å²) in [5.41, 5.74) is 1.12. The highest BCUT2D eigenvalue weighted by atomic mass is 79.9. The molecule has 1 aromatic rings. The van der Waals surface area contributed by atoms with Crippen LogP contribution in [0.4, 0.5) is 0 Å². The fraction of sp³-hybridized carbons (Fsp3) is 0.562. The molecule has 1 heterocycles. The molecule has 0 aromatic carbocycles. The molecule has 20 heavy (non-hydrogen) atoms. The van der Waals surface area contributed by atoms with Crippen LogP contribution in [0.2, 0.25) is 0 Å². The van der Waals surface area contributed by atoms with Crippen LogP contribution in [0.25, 0.3) is 0 Å². The summed E-state index contributed by atoms with van der Waals surface area (Å²) in [5.74, 6) is 0. The highest BCUT2D eigenvalue weighted by Crippen LogP contribution is 2.27. The Hall–Kier alpha value is -0.190. The van der Waals surface area contributed by atoms with E-state index in [9.17, 15) is 0 Å². The van der Waals surface area contributed by atoms with E-state index in [1.54, 1.807) is 0 Å². The van der Waals surface area contributed by atoms with Crippen LogP contribution in [0.15, 0.2) is 33.9 Å². The summed E-state index contributed by atoms with van der Waals surface area (Å²) in [4.78, 5) is 4.57. The molecule has 1 N–H and O–H groups in total. The van der Waals surface area contributed by atoms with Crippen LogP contribution in [0.1, 0.15) is 57.2 Å². The Labute approximate surface area is 139 Å². The lowest BCUT2D eigenvalue weighted by molar-refractivity contribution is 0.462. The molecule has 0 bridgehead atoms. The second kappa shape index (κ2) is 10.5. The molecule has 1 rings (SSSR count). The van der Waals surface area contributed by atoms with Gasteiger partial charge in [0.2, 0.25) is 0 Å². The minimum atomic E-state index is 0.334. The van der Waals surface area contributed by atoms with Gasteiger partial charge in [0.15, 0.2) is 0 Å². The molecule has 112 valence electrons. The van der Waals surface area contributed by atoms with Crippen molar-refractivity contribution in [2.24, 2.45) is 0 Å². The first-order valence-electron chi connectivity index (χ1n) is 7.34. The van der Waals surface area contributed by atoms with Crippen molar-refractivity contribution in [1.82, 2.24) is 10.3 Å². The third kappa shape index (κ3) is 6.51. The molecule has 1 unspecified atom stereocenters. The summed E-state index contributed by atoms with van der Waals surface area (Å²) in [7, 11) is 0. The van der Waals surface area contributed by atoms with E-state index in [4.69, 9.17) is 0 Å². The van der Waals surface area contributed by atoms with Gasteiger partial charge in [-0.2, -0.15) is 0 Å². The van der Waals surface area contributed by atoms with Gasteiger partial charge in [-0.05, 0) is 70.2 Å². The Morgan fingerprint density at radius 1 is 1.35 bits per heavy atom. The summed E-state index contributed by atoms with van der Waals surface area (Å²) >= 11 is 7.08. The van der Waals surface area contributed by atoms with Gasteiger partial charge in [-0.1, -0.05) is 25.8 Å². The molecule has 4 heteroatoms. The number of nitrogens with one attached hydrogen (secondary N) is 1. The molecular formula is C16H24Br2N2. The molecule has 0 saturated carbocycles. The predicted molar refractivity (Wildman–Crippen MR) is 94.0 cm³/mol. The van der Waals surface area contributed by atoms with Gasteiger partial charge in [0, 0.05) is 15.1 Å². The number of nitrogens with zero attached hydrogens (tertiary/aromatic N) is 1. The highest BCUT2D eigenvalue weighted by molar-refractivity contribution is 9.11. The molecule has 0 aliphatic heterocycles. The molecule has 1 aromatic heterocycles. The van der Waals surface area contributed by atoms with Crippen molar-refractivity contribution >= 4 is 31.9 Å². The van der Waals surface area contributed by atoms with Crippen LogP contribution in [0, 0.1) is 0 Å². The lowest BCUT2D eigenvalue weighted by Crippen LogP contribution is -2.23. The first-order chi connectivity index (χ1) is 9.69. The Kier molecular flexibility index (Phi) is 9.40. The van der Waals surface area contributed by atoms with E-state index in [0.29, 0.717) is 6.04 Å². The van der Waals surface area contributed by atoms with Crippen LogP contribution in [-0.2, 0) is 0 Å². The zero-order chi connectivity index (χ0) is 14.8. The SMILES string of the molecule is C=CCCCCCC(NCCC)c1ncc(Br)cc1Br. The lowest BCUT2D eigenvalue weighted by atomic mass is 10.0. The zero-order valence-electron chi connectivity index (χ0n) is 12.2. The first kappa shape index (κ1) is 17.9. The number of hydrogen-bond donors (Lipinski definition) is 1. The Morgan fingerprint density at radius 3 is 2.80 bits per heavy atom. The quantitative estimate of drug-likeness (QED) is 0.395. The number of unbranched alkanes of at least 4 members (excludes halogenated alkanes) is 3. The van der Waals surface area contributed by atoms with Crippen LogP contribution in [-0.4, -0.2) is 11.5 Å². The largest absolute Gasteiger partial charge is 0.309 e. The molecule has 1 atom stereocenters. The number of hydrogen-bond acceptors (Lipinski definition) is 2. The molecule has 2 nitrogen and oxygen atoms in total. The Balaban J connectivity index is 2.60. The predicted octanol–water partition coefficient (Wildman–Crippen LogP) is 5.78. The molecule has 0 aliphatic carbocycles. The number of allylic oxidation sites excluding steroid dienone is 1. The number of pyridine rings is 1. The van der Waals surface area contributed by atoms with Gasteiger partial charge in [0.05, 0.1) is 11.7 Å². The van der Waals surface area contributed by atoms with Gasteiger partial charge >= 0.3 is 0 Å². The average molecular weight is 404 g/mol. The molecule has 0 spiro atoms. The number of rotatable bonds is 10. The summed E-state index contributed by atoms with van der Waals surface area (Å²) in [6.45, 7) is 6.99. The second-order valence-electron chi connectivity index (χ2n) is 4.95. The summed E-state index contributed by atoms with van der Waals surface area (Å²) < 4.78 is 2.08. The van der Waals surface area contributed by atoms with Crippen molar-refractivity contribution in [2.45, 2.75) is 51.5 Å². The van der Waals surface area contributed by atoms with E-state index >= 15 is 0 Å². The number of halogens is 2. The van der Waals surface area contributed by atoms with Gasteiger partial charge in [-0.15, -0.1) is 6.58 Å². The minimum absolute atomic E-state index is 0.334. The Bertz CT molecular complexity index is 407. The monoisotopic (exact) mass is 402 g/mol. The van der Waals surface area contributed by atoms with E-state index < -0.39 is 0 Å². The fourth-order valence-corrected chi connectivity index (χ4v) is 3.41. The van der Waals surface area contributed by atoms with Crippen LogP contribution < -0.4 is 5.32 Å². The first-order valence-corrected chi connectivity index (χ1v) is 8.92. The molecule has 0 amide bonds. The minimum Gasteiger partial charge on any atom is -0.309 e. The molecule has 0 fully saturated rings. The third-order valence-electron chi connectivity index (χ3n) is 3.21.